The third-order valence-electron chi connectivity index (χ3n) is 7.06. The molecule has 2 aliphatic carbocycles. The third kappa shape index (κ3) is 4.03. The van der Waals surface area contributed by atoms with Gasteiger partial charge in [0, 0.05) is 12.3 Å². The van der Waals surface area contributed by atoms with Gasteiger partial charge < -0.3 is 15.3 Å². The van der Waals surface area contributed by atoms with Gasteiger partial charge in [-0.25, -0.2) is 0 Å². The van der Waals surface area contributed by atoms with E-state index >= 15 is 0 Å². The van der Waals surface area contributed by atoms with E-state index in [2.05, 4.69) is 13.8 Å². The standard InChI is InChI=1S/C20H36O4/c1-18(2,24)9-5-6-15-16(22)8-7-14-12-19(3,17(23)13-21)10-11-20(14,15)4/h14-15,17,21,23-24H,5-13H2,1-4H3. The summed E-state index contributed by atoms with van der Waals surface area (Å²) >= 11 is 0. The lowest BCUT2D eigenvalue weighted by Gasteiger charge is -2.55. The lowest BCUT2D eigenvalue weighted by Crippen LogP contribution is -2.52. The predicted octanol–water partition coefficient (Wildman–Crippen LogP) is 3.07. The Labute approximate surface area is 146 Å². The van der Waals surface area contributed by atoms with Crippen molar-refractivity contribution >= 4 is 5.78 Å². The molecule has 0 aliphatic heterocycles. The van der Waals surface area contributed by atoms with Crippen molar-refractivity contribution in [2.75, 3.05) is 6.61 Å². The number of fused-ring (bicyclic) bond motifs is 1. The maximum absolute atomic E-state index is 12.6. The fourth-order valence-electron chi connectivity index (χ4n) is 5.16. The number of hydrogen-bond donors (Lipinski definition) is 3. The molecule has 2 fully saturated rings. The highest BCUT2D eigenvalue weighted by Crippen LogP contribution is 2.58. The molecule has 3 N–H and O–H groups in total. The predicted molar refractivity (Wildman–Crippen MR) is 94.5 cm³/mol. The summed E-state index contributed by atoms with van der Waals surface area (Å²) < 4.78 is 0. The Morgan fingerprint density at radius 2 is 1.96 bits per heavy atom. The average molecular weight is 341 g/mol. The number of aliphatic hydroxyl groups excluding tert-OH is 2. The maximum Gasteiger partial charge on any atom is 0.136 e. The summed E-state index contributed by atoms with van der Waals surface area (Å²) in [5.74, 6) is 0.896. The topological polar surface area (TPSA) is 77.8 Å². The van der Waals surface area contributed by atoms with Crippen molar-refractivity contribution in [3.8, 4) is 0 Å². The van der Waals surface area contributed by atoms with Crippen molar-refractivity contribution in [3.63, 3.8) is 0 Å². The van der Waals surface area contributed by atoms with E-state index in [1.54, 1.807) is 0 Å². The minimum atomic E-state index is -0.673. The van der Waals surface area contributed by atoms with Gasteiger partial charge in [-0.2, -0.15) is 0 Å². The minimum absolute atomic E-state index is 0.00359. The van der Waals surface area contributed by atoms with Crippen LogP contribution < -0.4 is 0 Å². The first kappa shape index (κ1) is 19.9. The molecule has 0 bridgehead atoms. The van der Waals surface area contributed by atoms with E-state index in [0.717, 1.165) is 44.9 Å². The van der Waals surface area contributed by atoms with Crippen LogP contribution in [0, 0.1) is 22.7 Å². The van der Waals surface area contributed by atoms with E-state index in [9.17, 15) is 20.1 Å². The molecule has 2 rings (SSSR count). The number of carbonyl (C=O) groups excluding carboxylic acids is 1. The monoisotopic (exact) mass is 340 g/mol. The molecule has 0 aromatic rings. The molecular formula is C20H36O4. The summed E-state index contributed by atoms with van der Waals surface area (Å²) in [7, 11) is 0. The fourth-order valence-corrected chi connectivity index (χ4v) is 5.16. The molecule has 4 nitrogen and oxygen atoms in total. The number of ketones is 1. The molecule has 4 heteroatoms. The Balaban J connectivity index is 2.09. The second-order valence-corrected chi connectivity index (χ2v) is 9.52. The molecule has 0 aromatic carbocycles. The Kier molecular flexibility index (Phi) is 5.83. The van der Waals surface area contributed by atoms with Gasteiger partial charge in [0.1, 0.15) is 5.78 Å². The van der Waals surface area contributed by atoms with E-state index in [-0.39, 0.29) is 23.4 Å². The van der Waals surface area contributed by atoms with Crippen LogP contribution in [0.4, 0.5) is 0 Å². The summed E-state index contributed by atoms with van der Waals surface area (Å²) in [6.07, 6.45) is 6.01. The van der Waals surface area contributed by atoms with Gasteiger partial charge in [0.05, 0.1) is 18.3 Å². The van der Waals surface area contributed by atoms with Crippen LogP contribution in [0.3, 0.4) is 0 Å². The SMILES string of the molecule is CC(C)(O)CCCC1C(=O)CCC2CC(C)(C(O)CO)CCC21C. The summed E-state index contributed by atoms with van der Waals surface area (Å²) in [4.78, 5) is 12.6. The van der Waals surface area contributed by atoms with Crippen molar-refractivity contribution in [2.45, 2.75) is 90.8 Å². The second kappa shape index (κ2) is 7.05. The van der Waals surface area contributed by atoms with Crippen molar-refractivity contribution < 1.29 is 20.1 Å². The van der Waals surface area contributed by atoms with Gasteiger partial charge in [-0.3, -0.25) is 4.79 Å². The highest BCUT2D eigenvalue weighted by Gasteiger charge is 2.53. The molecular weight excluding hydrogens is 304 g/mol. The van der Waals surface area contributed by atoms with Gasteiger partial charge in [-0.05, 0) is 75.5 Å². The van der Waals surface area contributed by atoms with Gasteiger partial charge in [0.2, 0.25) is 0 Å². The molecule has 0 saturated heterocycles. The van der Waals surface area contributed by atoms with Gasteiger partial charge in [-0.1, -0.05) is 13.8 Å². The van der Waals surface area contributed by atoms with Crippen LogP contribution in [-0.2, 0) is 4.79 Å². The number of rotatable bonds is 6. The molecule has 0 heterocycles. The number of carbonyl (C=O) groups is 1. The molecule has 5 unspecified atom stereocenters. The largest absolute Gasteiger partial charge is 0.394 e. The number of Topliss-reactive ketones (excluding diaryl/α,β-unsaturated/α-hetero) is 1. The summed E-state index contributed by atoms with van der Waals surface area (Å²) in [5.41, 5.74) is -0.908. The molecule has 0 aromatic heterocycles. The Hall–Kier alpha value is -0.450. The lowest BCUT2D eigenvalue weighted by atomic mass is 9.49. The first-order chi connectivity index (χ1) is 11.0. The van der Waals surface area contributed by atoms with Crippen LogP contribution in [-0.4, -0.2) is 39.4 Å². The van der Waals surface area contributed by atoms with Crippen LogP contribution in [0.15, 0.2) is 0 Å². The molecule has 0 radical (unpaired) electrons. The summed E-state index contributed by atoms with van der Waals surface area (Å²) in [6.45, 7) is 7.79. The van der Waals surface area contributed by atoms with Gasteiger partial charge >= 0.3 is 0 Å². The highest BCUT2D eigenvalue weighted by atomic mass is 16.3. The molecule has 0 amide bonds. The first-order valence-electron chi connectivity index (χ1n) is 9.56. The zero-order valence-corrected chi connectivity index (χ0v) is 15.8. The smallest absolute Gasteiger partial charge is 0.136 e. The third-order valence-corrected chi connectivity index (χ3v) is 7.06. The van der Waals surface area contributed by atoms with Gasteiger partial charge in [-0.15, -0.1) is 0 Å². The van der Waals surface area contributed by atoms with E-state index in [1.165, 1.54) is 0 Å². The van der Waals surface area contributed by atoms with E-state index in [1.807, 2.05) is 13.8 Å². The van der Waals surface area contributed by atoms with Crippen molar-refractivity contribution in [3.05, 3.63) is 0 Å². The average Bonchev–Trinajstić information content (AvgIpc) is 2.49. The molecule has 24 heavy (non-hydrogen) atoms. The molecule has 2 aliphatic rings. The molecule has 2 saturated carbocycles. The van der Waals surface area contributed by atoms with Crippen molar-refractivity contribution in [1.29, 1.82) is 0 Å². The van der Waals surface area contributed by atoms with E-state index < -0.39 is 11.7 Å². The van der Waals surface area contributed by atoms with Gasteiger partial charge in [0.15, 0.2) is 0 Å². The Bertz CT molecular complexity index is 455. The van der Waals surface area contributed by atoms with Gasteiger partial charge in [0.25, 0.3) is 0 Å². The number of hydrogen-bond acceptors (Lipinski definition) is 4. The van der Waals surface area contributed by atoms with Crippen LogP contribution in [0.5, 0.6) is 0 Å². The quantitative estimate of drug-likeness (QED) is 0.694. The van der Waals surface area contributed by atoms with E-state index in [4.69, 9.17) is 0 Å². The van der Waals surface area contributed by atoms with Crippen molar-refractivity contribution in [2.24, 2.45) is 22.7 Å². The van der Waals surface area contributed by atoms with Crippen molar-refractivity contribution in [1.82, 2.24) is 0 Å². The van der Waals surface area contributed by atoms with Crippen LogP contribution in [0.2, 0.25) is 0 Å². The Morgan fingerprint density at radius 3 is 2.54 bits per heavy atom. The van der Waals surface area contributed by atoms with Crippen LogP contribution >= 0.6 is 0 Å². The minimum Gasteiger partial charge on any atom is -0.394 e. The molecule has 0 spiro atoms. The normalized spacial score (nSPS) is 38.7. The highest BCUT2D eigenvalue weighted by molar-refractivity contribution is 5.82. The zero-order valence-electron chi connectivity index (χ0n) is 15.8. The van der Waals surface area contributed by atoms with E-state index in [0.29, 0.717) is 18.1 Å². The number of aliphatic hydroxyl groups is 3. The fraction of sp³-hybridized carbons (Fsp3) is 0.950. The summed E-state index contributed by atoms with van der Waals surface area (Å²) in [5, 5.41) is 29.5. The van der Waals surface area contributed by atoms with Crippen LogP contribution in [0.25, 0.3) is 0 Å². The summed E-state index contributed by atoms with van der Waals surface area (Å²) in [6, 6.07) is 0. The first-order valence-corrected chi connectivity index (χ1v) is 9.56. The zero-order chi connectivity index (χ0) is 18.2. The maximum atomic E-state index is 12.6. The molecule has 140 valence electrons. The van der Waals surface area contributed by atoms with Crippen LogP contribution in [0.1, 0.15) is 79.1 Å². The Morgan fingerprint density at radius 1 is 1.29 bits per heavy atom. The lowest BCUT2D eigenvalue weighted by molar-refractivity contribution is -0.145. The molecule has 5 atom stereocenters. The second-order valence-electron chi connectivity index (χ2n) is 9.52.